The van der Waals surface area contributed by atoms with Gasteiger partial charge in [0.05, 0.1) is 5.92 Å². The molecule has 1 unspecified atom stereocenters. The molecule has 0 aliphatic carbocycles. The Morgan fingerprint density at radius 3 is 2.05 bits per heavy atom. The molecule has 0 amide bonds. The average Bonchev–Trinajstić information content (AvgIpc) is 2.31. The van der Waals surface area contributed by atoms with Crippen molar-refractivity contribution in [3.8, 4) is 11.5 Å². The first kappa shape index (κ1) is 17.5. The van der Waals surface area contributed by atoms with Gasteiger partial charge in [-0.1, -0.05) is 34.6 Å². The fraction of sp³-hybridized carbons (Fsp3) is 0.611. The summed E-state index contributed by atoms with van der Waals surface area (Å²) in [5, 5.41) is 9.77. The highest BCUT2D eigenvalue weighted by molar-refractivity contribution is 5.75. The van der Waals surface area contributed by atoms with Crippen molar-refractivity contribution in [1.29, 1.82) is 0 Å². The second-order valence-electron chi connectivity index (χ2n) is 7.44. The first-order chi connectivity index (χ1) is 9.51. The number of carbonyl (C=O) groups excluding carboxylic acids is 1. The third-order valence-corrected chi connectivity index (χ3v) is 3.62. The summed E-state index contributed by atoms with van der Waals surface area (Å²) in [4.78, 5) is 12.5. The summed E-state index contributed by atoms with van der Waals surface area (Å²) in [6.07, 6.45) is 0.791. The molecule has 0 heterocycles. The highest BCUT2D eigenvalue weighted by atomic mass is 16.5. The van der Waals surface area contributed by atoms with Crippen molar-refractivity contribution in [2.75, 3.05) is 0 Å². The van der Waals surface area contributed by atoms with Crippen molar-refractivity contribution in [2.45, 2.75) is 54.9 Å². The van der Waals surface area contributed by atoms with Gasteiger partial charge in [-0.3, -0.25) is 4.79 Å². The van der Waals surface area contributed by atoms with Crippen LogP contribution in [0.2, 0.25) is 0 Å². The van der Waals surface area contributed by atoms with E-state index in [1.54, 1.807) is 26.0 Å². The number of carbonyl (C=O) groups is 1. The summed E-state index contributed by atoms with van der Waals surface area (Å²) >= 11 is 0. The van der Waals surface area contributed by atoms with Gasteiger partial charge in [0, 0.05) is 0 Å². The van der Waals surface area contributed by atoms with Crippen LogP contribution in [0.25, 0.3) is 0 Å². The predicted octanol–water partition coefficient (Wildman–Crippen LogP) is 4.62. The lowest BCUT2D eigenvalue weighted by molar-refractivity contribution is -0.141. The van der Waals surface area contributed by atoms with E-state index in [0.717, 1.165) is 17.5 Å². The Kier molecular flexibility index (Phi) is 5.43. The van der Waals surface area contributed by atoms with E-state index in [9.17, 15) is 9.90 Å². The smallest absolute Gasteiger partial charge is 0.314 e. The van der Waals surface area contributed by atoms with E-state index in [4.69, 9.17) is 4.74 Å². The number of esters is 1. The zero-order chi connectivity index (χ0) is 16.4. The number of aromatic hydroxyl groups is 1. The topological polar surface area (TPSA) is 46.5 Å². The Hall–Kier alpha value is -1.51. The van der Waals surface area contributed by atoms with Crippen LogP contribution >= 0.6 is 0 Å². The fourth-order valence-corrected chi connectivity index (χ4v) is 2.42. The van der Waals surface area contributed by atoms with Gasteiger partial charge in [-0.05, 0) is 54.9 Å². The van der Waals surface area contributed by atoms with Crippen molar-refractivity contribution < 1.29 is 14.6 Å². The standard InChI is InChI=1S/C18H28O3/c1-11(2)15(10-18(5,6)7)17(20)21-14-8-12(3)16(19)13(4)9-14/h8-9,11,15,19H,10H2,1-7H3. The summed E-state index contributed by atoms with van der Waals surface area (Å²) < 4.78 is 5.55. The summed E-state index contributed by atoms with van der Waals surface area (Å²) in [6, 6.07) is 3.41. The first-order valence-corrected chi connectivity index (χ1v) is 7.53. The molecule has 0 aliphatic rings. The Morgan fingerprint density at radius 1 is 1.19 bits per heavy atom. The average molecular weight is 292 g/mol. The zero-order valence-electron chi connectivity index (χ0n) is 14.3. The number of rotatable bonds is 4. The Balaban J connectivity index is 2.92. The predicted molar refractivity (Wildman–Crippen MR) is 85.6 cm³/mol. The van der Waals surface area contributed by atoms with Crippen molar-refractivity contribution in [2.24, 2.45) is 17.3 Å². The molecule has 3 nitrogen and oxygen atoms in total. The third kappa shape index (κ3) is 5.07. The lowest BCUT2D eigenvalue weighted by Crippen LogP contribution is -2.29. The highest BCUT2D eigenvalue weighted by Gasteiger charge is 2.29. The minimum Gasteiger partial charge on any atom is -0.507 e. The Morgan fingerprint density at radius 2 is 1.67 bits per heavy atom. The molecule has 1 aromatic rings. The van der Waals surface area contributed by atoms with Crippen LogP contribution in [-0.2, 0) is 4.79 Å². The molecule has 0 bridgehead atoms. The zero-order valence-corrected chi connectivity index (χ0v) is 14.3. The number of hydrogen-bond acceptors (Lipinski definition) is 3. The maximum atomic E-state index is 12.5. The number of ether oxygens (including phenoxy) is 1. The van der Waals surface area contributed by atoms with E-state index in [0.29, 0.717) is 5.75 Å². The molecular weight excluding hydrogens is 264 g/mol. The van der Waals surface area contributed by atoms with Gasteiger partial charge in [-0.25, -0.2) is 0 Å². The quantitative estimate of drug-likeness (QED) is 0.650. The maximum Gasteiger partial charge on any atom is 0.314 e. The number of aryl methyl sites for hydroxylation is 2. The summed E-state index contributed by atoms with van der Waals surface area (Å²) in [6.45, 7) is 14.1. The number of phenolic OH excluding ortho intramolecular Hbond substituents is 1. The molecule has 3 heteroatoms. The number of phenols is 1. The fourth-order valence-electron chi connectivity index (χ4n) is 2.42. The molecule has 1 atom stereocenters. The van der Waals surface area contributed by atoms with Crippen molar-refractivity contribution in [1.82, 2.24) is 0 Å². The van der Waals surface area contributed by atoms with Gasteiger partial charge in [0.15, 0.2) is 0 Å². The second-order valence-corrected chi connectivity index (χ2v) is 7.44. The molecule has 0 aromatic heterocycles. The van der Waals surface area contributed by atoms with Crippen LogP contribution in [0.3, 0.4) is 0 Å². The summed E-state index contributed by atoms with van der Waals surface area (Å²) in [7, 11) is 0. The lowest BCUT2D eigenvalue weighted by atomic mass is 9.80. The molecule has 1 rings (SSSR count). The van der Waals surface area contributed by atoms with Crippen molar-refractivity contribution in [3.05, 3.63) is 23.3 Å². The van der Waals surface area contributed by atoms with Crippen LogP contribution in [0.4, 0.5) is 0 Å². The molecule has 21 heavy (non-hydrogen) atoms. The van der Waals surface area contributed by atoms with Gasteiger partial charge < -0.3 is 9.84 Å². The van der Waals surface area contributed by atoms with E-state index < -0.39 is 0 Å². The van der Waals surface area contributed by atoms with Gasteiger partial charge >= 0.3 is 5.97 Å². The minimum absolute atomic E-state index is 0.0781. The van der Waals surface area contributed by atoms with Crippen LogP contribution in [0.15, 0.2) is 12.1 Å². The van der Waals surface area contributed by atoms with Gasteiger partial charge in [-0.15, -0.1) is 0 Å². The van der Waals surface area contributed by atoms with E-state index in [1.165, 1.54) is 0 Å². The number of benzene rings is 1. The minimum atomic E-state index is -0.190. The van der Waals surface area contributed by atoms with E-state index in [1.807, 2.05) is 13.8 Å². The number of hydrogen-bond donors (Lipinski definition) is 1. The molecule has 0 saturated carbocycles. The maximum absolute atomic E-state index is 12.5. The second kappa shape index (κ2) is 6.50. The largest absolute Gasteiger partial charge is 0.507 e. The molecule has 118 valence electrons. The Labute approximate surface area is 128 Å². The van der Waals surface area contributed by atoms with Crippen LogP contribution in [0, 0.1) is 31.1 Å². The van der Waals surface area contributed by atoms with Gasteiger partial charge in [0.25, 0.3) is 0 Å². The van der Waals surface area contributed by atoms with Gasteiger partial charge in [-0.2, -0.15) is 0 Å². The lowest BCUT2D eigenvalue weighted by Gasteiger charge is -2.27. The summed E-state index contributed by atoms with van der Waals surface area (Å²) in [5.74, 6) is 0.678. The molecule has 0 aliphatic heterocycles. The van der Waals surface area contributed by atoms with Gasteiger partial charge in [0.1, 0.15) is 11.5 Å². The van der Waals surface area contributed by atoms with Crippen molar-refractivity contribution >= 4 is 5.97 Å². The van der Waals surface area contributed by atoms with E-state index >= 15 is 0 Å². The molecule has 1 N–H and O–H groups in total. The molecule has 0 radical (unpaired) electrons. The third-order valence-electron chi connectivity index (χ3n) is 3.62. The van der Waals surface area contributed by atoms with E-state index in [-0.39, 0.29) is 29.0 Å². The highest BCUT2D eigenvalue weighted by Crippen LogP contribution is 2.32. The molecule has 0 fully saturated rings. The van der Waals surface area contributed by atoms with Crippen LogP contribution in [-0.4, -0.2) is 11.1 Å². The first-order valence-electron chi connectivity index (χ1n) is 7.53. The normalized spacial score (nSPS) is 13.3. The van der Waals surface area contributed by atoms with Crippen LogP contribution < -0.4 is 4.74 Å². The Bertz CT molecular complexity index is 487. The SMILES string of the molecule is Cc1cc(OC(=O)C(CC(C)(C)C)C(C)C)cc(C)c1O. The molecule has 0 spiro atoms. The summed E-state index contributed by atoms with van der Waals surface area (Å²) in [5.41, 5.74) is 1.51. The molecule has 1 aromatic carbocycles. The van der Waals surface area contributed by atoms with Gasteiger partial charge in [0.2, 0.25) is 0 Å². The monoisotopic (exact) mass is 292 g/mol. The van der Waals surface area contributed by atoms with Crippen LogP contribution in [0.5, 0.6) is 11.5 Å². The van der Waals surface area contributed by atoms with E-state index in [2.05, 4.69) is 20.8 Å². The molecule has 0 saturated heterocycles. The van der Waals surface area contributed by atoms with Crippen molar-refractivity contribution in [3.63, 3.8) is 0 Å². The van der Waals surface area contributed by atoms with Crippen LogP contribution in [0.1, 0.15) is 52.2 Å². The molecular formula is C18H28O3.